The van der Waals surface area contributed by atoms with E-state index in [0.29, 0.717) is 0 Å². The van der Waals surface area contributed by atoms with Gasteiger partial charge in [0.05, 0.1) is 0 Å². The van der Waals surface area contributed by atoms with Crippen LogP contribution in [-0.2, 0) is 0 Å². The Balaban J connectivity index is 2.98. The molecule has 0 heterocycles. The average Bonchev–Trinajstić information content (AvgIpc) is 2.26. The molecule has 0 aliphatic rings. The van der Waals surface area contributed by atoms with Gasteiger partial charge in [-0.1, -0.05) is 57.7 Å². The van der Waals surface area contributed by atoms with Gasteiger partial charge in [0.25, 0.3) is 0 Å². The van der Waals surface area contributed by atoms with Crippen LogP contribution in [-0.4, -0.2) is 10.7 Å². The highest BCUT2D eigenvalue weighted by Crippen LogP contribution is 2.25. The Kier molecular flexibility index (Phi) is 4.15. The minimum Gasteiger partial charge on any atom is -0.377 e. The highest BCUT2D eigenvalue weighted by Gasteiger charge is 2.32. The third-order valence-corrected chi connectivity index (χ3v) is 2.94. The van der Waals surface area contributed by atoms with E-state index in [2.05, 4.69) is 11.8 Å². The summed E-state index contributed by atoms with van der Waals surface area (Å²) in [6, 6.07) is 9.77. The zero-order valence-electron chi connectivity index (χ0n) is 10.5. The predicted octanol–water partition coefficient (Wildman–Crippen LogP) is 3.08. The molecule has 0 bridgehead atoms. The van der Waals surface area contributed by atoms with Gasteiger partial charge in [0.1, 0.15) is 5.60 Å². The second-order valence-corrected chi connectivity index (χ2v) is 4.75. The quantitative estimate of drug-likeness (QED) is 0.753. The van der Waals surface area contributed by atoms with Crippen molar-refractivity contribution < 1.29 is 5.11 Å². The summed E-state index contributed by atoms with van der Waals surface area (Å²) in [4.78, 5) is 0. The highest BCUT2D eigenvalue weighted by atomic mass is 16.3. The highest BCUT2D eigenvalue weighted by molar-refractivity contribution is 5.36. The van der Waals surface area contributed by atoms with E-state index in [9.17, 15) is 5.11 Å². The average molecular weight is 216 g/mol. The summed E-state index contributed by atoms with van der Waals surface area (Å²) in [5.74, 6) is 6.32. The van der Waals surface area contributed by atoms with Gasteiger partial charge in [-0.15, -0.1) is 0 Å². The molecule has 0 atom stereocenters. The predicted molar refractivity (Wildman–Crippen MR) is 67.9 cm³/mol. The van der Waals surface area contributed by atoms with E-state index in [-0.39, 0.29) is 11.8 Å². The van der Waals surface area contributed by atoms with Crippen molar-refractivity contribution in [2.75, 3.05) is 0 Å². The second kappa shape index (κ2) is 5.18. The fourth-order valence-corrected chi connectivity index (χ4v) is 1.65. The molecule has 0 saturated heterocycles. The molecule has 0 unspecified atom stereocenters. The lowest BCUT2D eigenvalue weighted by Gasteiger charge is -2.30. The Hall–Kier alpha value is -1.26. The van der Waals surface area contributed by atoms with Gasteiger partial charge in [-0.25, -0.2) is 0 Å². The Bertz CT molecular complexity index is 371. The Morgan fingerprint density at radius 1 is 1.00 bits per heavy atom. The number of hydrogen-bond acceptors (Lipinski definition) is 1. The molecular weight excluding hydrogens is 196 g/mol. The maximum absolute atomic E-state index is 10.5. The van der Waals surface area contributed by atoms with Crippen LogP contribution >= 0.6 is 0 Å². The Labute approximate surface area is 98.5 Å². The fourth-order valence-electron chi connectivity index (χ4n) is 1.65. The molecule has 0 fully saturated rings. The number of rotatable bonds is 2. The molecule has 0 radical (unpaired) electrons. The van der Waals surface area contributed by atoms with Crippen molar-refractivity contribution in [3.05, 3.63) is 35.9 Å². The molecule has 16 heavy (non-hydrogen) atoms. The van der Waals surface area contributed by atoms with Crippen LogP contribution in [0.3, 0.4) is 0 Å². The molecular formula is C15H20O. The first-order chi connectivity index (χ1) is 7.47. The van der Waals surface area contributed by atoms with E-state index >= 15 is 0 Å². The van der Waals surface area contributed by atoms with Gasteiger partial charge in [-0.05, 0) is 24.0 Å². The normalized spacial score (nSPS) is 11.4. The molecule has 1 aromatic carbocycles. The maximum Gasteiger partial charge on any atom is 0.130 e. The third-order valence-electron chi connectivity index (χ3n) is 2.94. The van der Waals surface area contributed by atoms with E-state index in [0.717, 1.165) is 5.56 Å². The largest absolute Gasteiger partial charge is 0.377 e. The summed E-state index contributed by atoms with van der Waals surface area (Å²) in [5.41, 5.74) is 0.0396. The van der Waals surface area contributed by atoms with Crippen molar-refractivity contribution in [2.24, 2.45) is 11.8 Å². The van der Waals surface area contributed by atoms with Gasteiger partial charge >= 0.3 is 0 Å². The van der Waals surface area contributed by atoms with E-state index in [4.69, 9.17) is 0 Å². The van der Waals surface area contributed by atoms with Crippen molar-refractivity contribution in [3.8, 4) is 11.8 Å². The lowest BCUT2D eigenvalue weighted by Crippen LogP contribution is -2.39. The smallest absolute Gasteiger partial charge is 0.130 e. The third kappa shape index (κ3) is 2.87. The van der Waals surface area contributed by atoms with Crippen LogP contribution < -0.4 is 0 Å². The molecule has 1 aromatic rings. The van der Waals surface area contributed by atoms with E-state index in [1.54, 1.807) is 0 Å². The molecule has 1 N–H and O–H groups in total. The molecule has 0 saturated carbocycles. The summed E-state index contributed by atoms with van der Waals surface area (Å²) in [6.07, 6.45) is 0. The number of hydrogen-bond donors (Lipinski definition) is 1. The summed E-state index contributed by atoms with van der Waals surface area (Å²) in [6.45, 7) is 8.00. The van der Waals surface area contributed by atoms with Crippen molar-refractivity contribution in [2.45, 2.75) is 33.3 Å². The molecule has 1 heteroatoms. The minimum atomic E-state index is -0.907. The molecule has 0 aliphatic carbocycles. The maximum atomic E-state index is 10.5. The van der Waals surface area contributed by atoms with Gasteiger partial charge in [-0.2, -0.15) is 0 Å². The molecule has 1 rings (SSSR count). The molecule has 0 aromatic heterocycles. The Morgan fingerprint density at radius 2 is 1.50 bits per heavy atom. The van der Waals surface area contributed by atoms with Crippen LogP contribution in [0.25, 0.3) is 0 Å². The Morgan fingerprint density at radius 3 is 1.94 bits per heavy atom. The van der Waals surface area contributed by atoms with Crippen LogP contribution in [0.15, 0.2) is 30.3 Å². The monoisotopic (exact) mass is 216 g/mol. The van der Waals surface area contributed by atoms with Crippen molar-refractivity contribution in [1.29, 1.82) is 0 Å². The van der Waals surface area contributed by atoms with Crippen LogP contribution in [0, 0.1) is 23.7 Å². The lowest BCUT2D eigenvalue weighted by atomic mass is 9.81. The summed E-state index contributed by atoms with van der Waals surface area (Å²) in [7, 11) is 0. The topological polar surface area (TPSA) is 20.2 Å². The van der Waals surface area contributed by atoms with Crippen LogP contribution in [0.2, 0.25) is 0 Å². The first-order valence-electron chi connectivity index (χ1n) is 5.77. The van der Waals surface area contributed by atoms with Crippen molar-refractivity contribution >= 4 is 0 Å². The zero-order chi connectivity index (χ0) is 12.2. The van der Waals surface area contributed by atoms with Crippen LogP contribution in [0.1, 0.15) is 33.3 Å². The number of benzene rings is 1. The lowest BCUT2D eigenvalue weighted by molar-refractivity contribution is 0.00931. The molecule has 0 aliphatic heterocycles. The van der Waals surface area contributed by atoms with E-state index in [1.165, 1.54) is 0 Å². The van der Waals surface area contributed by atoms with Gasteiger partial charge in [0, 0.05) is 5.56 Å². The summed E-state index contributed by atoms with van der Waals surface area (Å²) >= 11 is 0. The van der Waals surface area contributed by atoms with Gasteiger partial charge in [0.2, 0.25) is 0 Å². The fraction of sp³-hybridized carbons (Fsp3) is 0.467. The van der Waals surface area contributed by atoms with Gasteiger partial charge in [-0.3, -0.25) is 0 Å². The SMILES string of the molecule is CC(C)C(O)(C#Cc1ccccc1)C(C)C. The zero-order valence-corrected chi connectivity index (χ0v) is 10.5. The van der Waals surface area contributed by atoms with E-state index in [1.807, 2.05) is 58.0 Å². The first-order valence-corrected chi connectivity index (χ1v) is 5.77. The number of aliphatic hydroxyl groups is 1. The molecule has 86 valence electrons. The van der Waals surface area contributed by atoms with Gasteiger partial charge in [0.15, 0.2) is 0 Å². The summed E-state index contributed by atoms with van der Waals surface area (Å²) in [5, 5.41) is 10.5. The minimum absolute atomic E-state index is 0.128. The van der Waals surface area contributed by atoms with Crippen molar-refractivity contribution in [3.63, 3.8) is 0 Å². The molecule has 1 nitrogen and oxygen atoms in total. The molecule has 0 spiro atoms. The summed E-state index contributed by atoms with van der Waals surface area (Å²) < 4.78 is 0. The van der Waals surface area contributed by atoms with Gasteiger partial charge < -0.3 is 5.11 Å². The van der Waals surface area contributed by atoms with E-state index < -0.39 is 5.60 Å². The van der Waals surface area contributed by atoms with Crippen molar-refractivity contribution in [1.82, 2.24) is 0 Å². The molecule has 0 amide bonds. The first kappa shape index (κ1) is 12.8. The van der Waals surface area contributed by atoms with Crippen LogP contribution in [0.5, 0.6) is 0 Å². The van der Waals surface area contributed by atoms with Crippen LogP contribution in [0.4, 0.5) is 0 Å². The standard InChI is InChI=1S/C15H20O/c1-12(2)15(16,13(3)4)11-10-14-8-6-5-7-9-14/h5-9,12-13,16H,1-4H3. The second-order valence-electron chi connectivity index (χ2n) is 4.75.